The third kappa shape index (κ3) is 5.17. The van der Waals surface area contributed by atoms with E-state index < -0.39 is 4.92 Å². The molecule has 0 aliphatic heterocycles. The number of aryl methyl sites for hydroxylation is 1. The first-order valence-electron chi connectivity index (χ1n) is 7.78. The van der Waals surface area contributed by atoms with Crippen molar-refractivity contribution in [3.63, 3.8) is 0 Å². The Bertz CT molecular complexity index is 816. The SMILES string of the molecule is COc1cccc(C(=O)NCCCCn2cc([N+](=O)[O-])ccc2=O)c1. The number of rotatable bonds is 8. The molecule has 0 radical (unpaired) electrons. The Morgan fingerprint density at radius 3 is 2.80 bits per heavy atom. The summed E-state index contributed by atoms with van der Waals surface area (Å²) < 4.78 is 6.38. The van der Waals surface area contributed by atoms with E-state index in [9.17, 15) is 19.7 Å². The molecule has 1 N–H and O–H groups in total. The Morgan fingerprint density at radius 2 is 2.08 bits per heavy atom. The van der Waals surface area contributed by atoms with E-state index in [1.807, 2.05) is 0 Å². The summed E-state index contributed by atoms with van der Waals surface area (Å²) in [5.74, 6) is 0.407. The van der Waals surface area contributed by atoms with Gasteiger partial charge in [-0.05, 0) is 31.0 Å². The van der Waals surface area contributed by atoms with Gasteiger partial charge in [-0.1, -0.05) is 6.07 Å². The van der Waals surface area contributed by atoms with Gasteiger partial charge in [-0.2, -0.15) is 0 Å². The van der Waals surface area contributed by atoms with Crippen LogP contribution in [-0.4, -0.2) is 29.1 Å². The summed E-state index contributed by atoms with van der Waals surface area (Å²) in [7, 11) is 1.53. The third-order valence-electron chi connectivity index (χ3n) is 3.62. The zero-order chi connectivity index (χ0) is 18.2. The van der Waals surface area contributed by atoms with Crippen LogP contribution in [0.3, 0.4) is 0 Å². The number of ether oxygens (including phenoxy) is 1. The van der Waals surface area contributed by atoms with Gasteiger partial charge in [-0.15, -0.1) is 0 Å². The highest BCUT2D eigenvalue weighted by atomic mass is 16.6. The minimum atomic E-state index is -0.537. The second-order valence-electron chi connectivity index (χ2n) is 5.37. The van der Waals surface area contributed by atoms with Gasteiger partial charge in [0, 0.05) is 30.8 Å². The number of pyridine rings is 1. The quantitative estimate of drug-likeness (QED) is 0.447. The molecule has 8 heteroatoms. The number of carbonyl (C=O) groups excluding carboxylic acids is 1. The zero-order valence-electron chi connectivity index (χ0n) is 13.8. The number of amides is 1. The summed E-state index contributed by atoms with van der Waals surface area (Å²) in [6.07, 6.45) is 2.49. The molecule has 0 unspecified atom stereocenters. The summed E-state index contributed by atoms with van der Waals surface area (Å²) in [6, 6.07) is 9.21. The van der Waals surface area contributed by atoms with Crippen LogP contribution in [0, 0.1) is 10.1 Å². The summed E-state index contributed by atoms with van der Waals surface area (Å²) in [5.41, 5.74) is 0.103. The number of unbranched alkanes of at least 4 members (excludes halogenated alkanes) is 1. The van der Waals surface area contributed by atoms with E-state index >= 15 is 0 Å². The lowest BCUT2D eigenvalue weighted by Crippen LogP contribution is -2.25. The van der Waals surface area contributed by atoms with Gasteiger partial charge in [-0.25, -0.2) is 0 Å². The highest BCUT2D eigenvalue weighted by Gasteiger charge is 2.08. The van der Waals surface area contributed by atoms with Crippen molar-refractivity contribution in [1.82, 2.24) is 9.88 Å². The van der Waals surface area contributed by atoms with Gasteiger partial charge < -0.3 is 14.6 Å². The van der Waals surface area contributed by atoms with E-state index in [-0.39, 0.29) is 17.2 Å². The van der Waals surface area contributed by atoms with Crippen LogP contribution in [0.1, 0.15) is 23.2 Å². The molecule has 0 saturated carbocycles. The minimum absolute atomic E-state index is 0.120. The molecule has 0 fully saturated rings. The number of nitrogens with one attached hydrogen (secondary N) is 1. The number of nitro groups is 1. The number of hydrogen-bond donors (Lipinski definition) is 1. The Morgan fingerprint density at radius 1 is 1.28 bits per heavy atom. The third-order valence-corrected chi connectivity index (χ3v) is 3.62. The van der Waals surface area contributed by atoms with E-state index in [1.165, 1.54) is 30.0 Å². The van der Waals surface area contributed by atoms with Crippen LogP contribution in [0.25, 0.3) is 0 Å². The fourth-order valence-electron chi connectivity index (χ4n) is 2.28. The van der Waals surface area contributed by atoms with Crippen LogP contribution in [0.4, 0.5) is 5.69 Å². The first-order chi connectivity index (χ1) is 12.0. The van der Waals surface area contributed by atoms with Crippen molar-refractivity contribution in [1.29, 1.82) is 0 Å². The fourth-order valence-corrected chi connectivity index (χ4v) is 2.28. The number of aromatic nitrogens is 1. The van der Waals surface area contributed by atoms with Gasteiger partial charge in [0.1, 0.15) is 5.75 Å². The maximum absolute atomic E-state index is 12.0. The second kappa shape index (κ2) is 8.62. The van der Waals surface area contributed by atoms with Gasteiger partial charge in [-0.3, -0.25) is 19.7 Å². The van der Waals surface area contributed by atoms with Gasteiger partial charge >= 0.3 is 0 Å². The lowest BCUT2D eigenvalue weighted by Gasteiger charge is -2.08. The smallest absolute Gasteiger partial charge is 0.285 e. The Kier molecular flexibility index (Phi) is 6.27. The molecule has 2 aromatic rings. The number of benzene rings is 1. The predicted octanol–water partition coefficient (Wildman–Crippen LogP) is 1.98. The van der Waals surface area contributed by atoms with E-state index in [2.05, 4.69) is 5.32 Å². The number of carbonyl (C=O) groups is 1. The maximum Gasteiger partial charge on any atom is 0.285 e. The number of nitrogens with zero attached hydrogens (tertiary/aromatic N) is 2. The molecule has 1 heterocycles. The van der Waals surface area contributed by atoms with Crippen molar-refractivity contribution >= 4 is 11.6 Å². The topological polar surface area (TPSA) is 103 Å². The van der Waals surface area contributed by atoms with Crippen molar-refractivity contribution in [3.05, 3.63) is 68.6 Å². The number of methoxy groups -OCH3 is 1. The molecule has 0 saturated heterocycles. The van der Waals surface area contributed by atoms with Crippen molar-refractivity contribution in [3.8, 4) is 5.75 Å². The van der Waals surface area contributed by atoms with Crippen LogP contribution in [-0.2, 0) is 6.54 Å². The van der Waals surface area contributed by atoms with Gasteiger partial charge in [0.15, 0.2) is 0 Å². The summed E-state index contributed by atoms with van der Waals surface area (Å²) >= 11 is 0. The highest BCUT2D eigenvalue weighted by Crippen LogP contribution is 2.12. The van der Waals surface area contributed by atoms with E-state index in [0.29, 0.717) is 37.2 Å². The van der Waals surface area contributed by atoms with Gasteiger partial charge in [0.25, 0.3) is 17.2 Å². The van der Waals surface area contributed by atoms with Crippen molar-refractivity contribution in [2.24, 2.45) is 0 Å². The summed E-state index contributed by atoms with van der Waals surface area (Å²) in [5, 5.41) is 13.5. The highest BCUT2D eigenvalue weighted by molar-refractivity contribution is 5.94. The van der Waals surface area contributed by atoms with E-state index in [1.54, 1.807) is 24.3 Å². The standard InChI is InChI=1S/C17H19N3O5/c1-25-15-6-4-5-13(11-15)17(22)18-9-2-3-10-19-12-14(20(23)24)7-8-16(19)21/h4-8,11-12H,2-3,9-10H2,1H3,(H,18,22). The van der Waals surface area contributed by atoms with Crippen LogP contribution in [0.2, 0.25) is 0 Å². The molecule has 1 amide bonds. The number of hydrogen-bond acceptors (Lipinski definition) is 5. The molecule has 132 valence electrons. The average molecular weight is 345 g/mol. The molecule has 0 spiro atoms. The molecule has 8 nitrogen and oxygen atoms in total. The Hall–Kier alpha value is -3.16. The second-order valence-corrected chi connectivity index (χ2v) is 5.37. The summed E-state index contributed by atoms with van der Waals surface area (Å²) in [6.45, 7) is 0.801. The van der Waals surface area contributed by atoms with Gasteiger partial charge in [0.2, 0.25) is 0 Å². The minimum Gasteiger partial charge on any atom is -0.497 e. The Labute approximate surface area is 144 Å². The monoisotopic (exact) mass is 345 g/mol. The molecule has 25 heavy (non-hydrogen) atoms. The Balaban J connectivity index is 1.80. The molecule has 1 aromatic carbocycles. The molecule has 0 aliphatic carbocycles. The van der Waals surface area contributed by atoms with Crippen molar-refractivity contribution in [2.75, 3.05) is 13.7 Å². The molecular weight excluding hydrogens is 326 g/mol. The average Bonchev–Trinajstić information content (AvgIpc) is 2.62. The van der Waals surface area contributed by atoms with Crippen LogP contribution in [0.15, 0.2) is 47.4 Å². The molecule has 0 bridgehead atoms. The largest absolute Gasteiger partial charge is 0.497 e. The lowest BCUT2D eigenvalue weighted by atomic mass is 10.2. The predicted molar refractivity (Wildman–Crippen MR) is 91.9 cm³/mol. The first kappa shape index (κ1) is 18.2. The normalized spacial score (nSPS) is 10.3. The van der Waals surface area contributed by atoms with Crippen LogP contribution in [0.5, 0.6) is 5.75 Å². The maximum atomic E-state index is 12.0. The van der Waals surface area contributed by atoms with Crippen LogP contribution < -0.4 is 15.6 Å². The zero-order valence-corrected chi connectivity index (χ0v) is 13.8. The van der Waals surface area contributed by atoms with Gasteiger partial charge in [0.05, 0.1) is 18.2 Å². The van der Waals surface area contributed by atoms with E-state index in [0.717, 1.165) is 0 Å². The van der Waals surface area contributed by atoms with E-state index in [4.69, 9.17) is 4.74 Å². The van der Waals surface area contributed by atoms with Crippen LogP contribution >= 0.6 is 0 Å². The first-order valence-corrected chi connectivity index (χ1v) is 7.78. The molecule has 1 aromatic heterocycles. The van der Waals surface area contributed by atoms with Crippen molar-refractivity contribution < 1.29 is 14.5 Å². The molecule has 0 aliphatic rings. The fraction of sp³-hybridized carbons (Fsp3) is 0.294. The molecular formula is C17H19N3O5. The lowest BCUT2D eigenvalue weighted by molar-refractivity contribution is -0.385. The van der Waals surface area contributed by atoms with Crippen molar-refractivity contribution in [2.45, 2.75) is 19.4 Å². The molecule has 0 atom stereocenters. The molecule has 2 rings (SSSR count). The summed E-state index contributed by atoms with van der Waals surface area (Å²) in [4.78, 5) is 33.9.